The van der Waals surface area contributed by atoms with Crippen molar-refractivity contribution >= 4 is 0 Å². The number of nitrogens with one attached hydrogen (secondary N) is 1. The summed E-state index contributed by atoms with van der Waals surface area (Å²) in [6, 6.07) is 6.05. The standard InChI is InChI=1S/C16H26N2O3/c1-3-19-15-8-7-12(10-16(15)20-4-2)14(18-17)11-13-6-5-9-21-13/h7-8,10,13-14,18H,3-6,9,11,17H2,1-2H3. The van der Waals surface area contributed by atoms with Crippen molar-refractivity contribution in [1.29, 1.82) is 0 Å². The fourth-order valence-corrected chi connectivity index (χ4v) is 2.68. The van der Waals surface area contributed by atoms with Crippen molar-refractivity contribution in [3.8, 4) is 11.5 Å². The summed E-state index contributed by atoms with van der Waals surface area (Å²) in [5.41, 5.74) is 3.99. The van der Waals surface area contributed by atoms with Crippen LogP contribution in [0, 0.1) is 0 Å². The smallest absolute Gasteiger partial charge is 0.161 e. The summed E-state index contributed by atoms with van der Waals surface area (Å²) < 4.78 is 17.0. The third-order valence-electron chi connectivity index (χ3n) is 3.69. The van der Waals surface area contributed by atoms with Gasteiger partial charge in [0.1, 0.15) is 0 Å². The Morgan fingerprint density at radius 2 is 2.05 bits per heavy atom. The van der Waals surface area contributed by atoms with E-state index in [2.05, 4.69) is 5.43 Å². The van der Waals surface area contributed by atoms with Crippen LogP contribution in [0.5, 0.6) is 11.5 Å². The second-order valence-corrected chi connectivity index (χ2v) is 5.16. The Kier molecular flexibility index (Phi) is 6.29. The van der Waals surface area contributed by atoms with Crippen LogP contribution in [0.15, 0.2) is 18.2 Å². The zero-order valence-electron chi connectivity index (χ0n) is 12.9. The molecule has 2 atom stereocenters. The van der Waals surface area contributed by atoms with Gasteiger partial charge in [0.05, 0.1) is 19.3 Å². The van der Waals surface area contributed by atoms with Crippen molar-refractivity contribution in [3.05, 3.63) is 23.8 Å². The van der Waals surface area contributed by atoms with Gasteiger partial charge in [0.25, 0.3) is 0 Å². The van der Waals surface area contributed by atoms with Gasteiger partial charge in [0.2, 0.25) is 0 Å². The van der Waals surface area contributed by atoms with E-state index in [1.807, 2.05) is 32.0 Å². The van der Waals surface area contributed by atoms with Crippen LogP contribution in [0.1, 0.15) is 44.7 Å². The molecule has 5 nitrogen and oxygen atoms in total. The average Bonchev–Trinajstić information content (AvgIpc) is 3.00. The molecule has 5 heteroatoms. The van der Waals surface area contributed by atoms with Gasteiger partial charge in [-0.15, -0.1) is 0 Å². The summed E-state index contributed by atoms with van der Waals surface area (Å²) in [4.78, 5) is 0. The van der Waals surface area contributed by atoms with Crippen LogP contribution in [0.25, 0.3) is 0 Å². The summed E-state index contributed by atoms with van der Waals surface area (Å²) in [7, 11) is 0. The first kappa shape index (κ1) is 16.1. The van der Waals surface area contributed by atoms with Gasteiger partial charge in [-0.2, -0.15) is 0 Å². The van der Waals surface area contributed by atoms with Gasteiger partial charge < -0.3 is 14.2 Å². The summed E-state index contributed by atoms with van der Waals surface area (Å²) in [5.74, 6) is 7.27. The lowest BCUT2D eigenvalue weighted by Crippen LogP contribution is -2.30. The van der Waals surface area contributed by atoms with E-state index in [-0.39, 0.29) is 12.1 Å². The van der Waals surface area contributed by atoms with Gasteiger partial charge >= 0.3 is 0 Å². The van der Waals surface area contributed by atoms with Crippen LogP contribution in [0.2, 0.25) is 0 Å². The first-order valence-electron chi connectivity index (χ1n) is 7.75. The molecule has 3 N–H and O–H groups in total. The second kappa shape index (κ2) is 8.22. The third-order valence-corrected chi connectivity index (χ3v) is 3.69. The predicted molar refractivity (Wildman–Crippen MR) is 82.4 cm³/mol. The number of ether oxygens (including phenoxy) is 3. The SMILES string of the molecule is CCOc1ccc(C(CC2CCCO2)NN)cc1OCC. The Balaban J connectivity index is 2.13. The van der Waals surface area contributed by atoms with E-state index in [0.29, 0.717) is 13.2 Å². The molecule has 1 aromatic rings. The molecule has 0 spiro atoms. The van der Waals surface area contributed by atoms with Crippen LogP contribution >= 0.6 is 0 Å². The highest BCUT2D eigenvalue weighted by Gasteiger charge is 2.22. The molecule has 2 unspecified atom stereocenters. The van der Waals surface area contributed by atoms with Crippen LogP contribution in [0.4, 0.5) is 0 Å². The minimum atomic E-state index is 0.0583. The van der Waals surface area contributed by atoms with Crippen molar-refractivity contribution < 1.29 is 14.2 Å². The molecule has 0 amide bonds. The Morgan fingerprint density at radius 1 is 1.29 bits per heavy atom. The van der Waals surface area contributed by atoms with Gasteiger partial charge in [-0.25, -0.2) is 0 Å². The van der Waals surface area contributed by atoms with E-state index in [4.69, 9.17) is 20.1 Å². The van der Waals surface area contributed by atoms with Crippen LogP contribution in [-0.2, 0) is 4.74 Å². The van der Waals surface area contributed by atoms with Crippen molar-refractivity contribution in [2.45, 2.75) is 45.3 Å². The zero-order chi connectivity index (χ0) is 15.1. The first-order chi connectivity index (χ1) is 10.3. The predicted octanol–water partition coefficient (Wildman–Crippen LogP) is 2.56. The highest BCUT2D eigenvalue weighted by Crippen LogP contribution is 2.33. The Hall–Kier alpha value is -1.30. The topological polar surface area (TPSA) is 65.7 Å². The monoisotopic (exact) mass is 294 g/mol. The number of nitrogens with two attached hydrogens (primary N) is 1. The molecule has 1 aliphatic heterocycles. The summed E-state index contributed by atoms with van der Waals surface area (Å²) in [5, 5.41) is 0. The summed E-state index contributed by atoms with van der Waals surface area (Å²) >= 11 is 0. The summed E-state index contributed by atoms with van der Waals surface area (Å²) in [6.45, 7) is 6.01. The Labute approximate surface area is 126 Å². The Bertz CT molecular complexity index is 434. The lowest BCUT2D eigenvalue weighted by atomic mass is 9.99. The molecule has 2 rings (SSSR count). The van der Waals surface area contributed by atoms with E-state index < -0.39 is 0 Å². The van der Waals surface area contributed by atoms with Gasteiger partial charge in [0, 0.05) is 12.6 Å². The van der Waals surface area contributed by atoms with Crippen LogP contribution < -0.4 is 20.7 Å². The molecule has 1 heterocycles. The van der Waals surface area contributed by atoms with Crippen molar-refractivity contribution in [2.24, 2.45) is 5.84 Å². The van der Waals surface area contributed by atoms with Crippen LogP contribution in [-0.4, -0.2) is 25.9 Å². The number of rotatable bonds is 8. The minimum Gasteiger partial charge on any atom is -0.490 e. The highest BCUT2D eigenvalue weighted by atomic mass is 16.5. The normalized spacial score (nSPS) is 19.5. The molecule has 0 aromatic heterocycles. The largest absolute Gasteiger partial charge is 0.490 e. The molecule has 1 saturated heterocycles. The number of hydrazine groups is 1. The zero-order valence-corrected chi connectivity index (χ0v) is 12.9. The molecule has 0 saturated carbocycles. The van der Waals surface area contributed by atoms with Gasteiger partial charge in [-0.05, 0) is 50.8 Å². The van der Waals surface area contributed by atoms with Crippen molar-refractivity contribution in [3.63, 3.8) is 0 Å². The molecule has 21 heavy (non-hydrogen) atoms. The first-order valence-corrected chi connectivity index (χ1v) is 7.75. The summed E-state index contributed by atoms with van der Waals surface area (Å²) in [6.07, 6.45) is 3.40. The molecule has 1 aliphatic rings. The molecule has 1 fully saturated rings. The maximum absolute atomic E-state index is 5.73. The van der Waals surface area contributed by atoms with Gasteiger partial charge in [-0.3, -0.25) is 11.3 Å². The molecular weight excluding hydrogens is 268 g/mol. The van der Waals surface area contributed by atoms with Gasteiger partial charge in [-0.1, -0.05) is 6.07 Å². The average molecular weight is 294 g/mol. The second-order valence-electron chi connectivity index (χ2n) is 5.16. The van der Waals surface area contributed by atoms with E-state index in [1.54, 1.807) is 0 Å². The van der Waals surface area contributed by atoms with E-state index in [9.17, 15) is 0 Å². The van der Waals surface area contributed by atoms with E-state index in [1.165, 1.54) is 0 Å². The molecule has 0 aliphatic carbocycles. The van der Waals surface area contributed by atoms with Gasteiger partial charge in [0.15, 0.2) is 11.5 Å². The molecule has 118 valence electrons. The quantitative estimate of drug-likeness (QED) is 0.570. The molecular formula is C16H26N2O3. The molecule has 1 aromatic carbocycles. The molecule has 0 radical (unpaired) electrons. The molecule has 0 bridgehead atoms. The van der Waals surface area contributed by atoms with Crippen molar-refractivity contribution in [1.82, 2.24) is 5.43 Å². The fourth-order valence-electron chi connectivity index (χ4n) is 2.68. The number of hydrogen-bond acceptors (Lipinski definition) is 5. The van der Waals surface area contributed by atoms with E-state index in [0.717, 1.165) is 42.9 Å². The number of benzene rings is 1. The Morgan fingerprint density at radius 3 is 2.67 bits per heavy atom. The lowest BCUT2D eigenvalue weighted by molar-refractivity contribution is 0.0945. The van der Waals surface area contributed by atoms with Crippen LogP contribution in [0.3, 0.4) is 0 Å². The maximum atomic E-state index is 5.73. The lowest BCUT2D eigenvalue weighted by Gasteiger charge is -2.21. The minimum absolute atomic E-state index is 0.0583. The number of hydrogen-bond donors (Lipinski definition) is 2. The third kappa shape index (κ3) is 4.33. The maximum Gasteiger partial charge on any atom is 0.161 e. The van der Waals surface area contributed by atoms with E-state index >= 15 is 0 Å². The fraction of sp³-hybridized carbons (Fsp3) is 0.625. The van der Waals surface area contributed by atoms with Crippen molar-refractivity contribution in [2.75, 3.05) is 19.8 Å². The highest BCUT2D eigenvalue weighted by molar-refractivity contribution is 5.44.